The smallest absolute Gasteiger partial charge is 0.242 e. The molecule has 0 spiro atoms. The summed E-state index contributed by atoms with van der Waals surface area (Å²) in [5, 5.41) is 2.12. The summed E-state index contributed by atoms with van der Waals surface area (Å²) in [7, 11) is 0. The Hall–Kier alpha value is -2.14. The van der Waals surface area contributed by atoms with Gasteiger partial charge in [0.1, 0.15) is 0 Å². The van der Waals surface area contributed by atoms with Crippen molar-refractivity contribution in [1.29, 1.82) is 0 Å². The van der Waals surface area contributed by atoms with Crippen molar-refractivity contribution >= 4 is 23.2 Å². The van der Waals surface area contributed by atoms with Crippen molar-refractivity contribution in [3.63, 3.8) is 0 Å². The minimum atomic E-state index is -0.0627. The zero-order valence-corrected chi connectivity index (χ0v) is 18.6. The summed E-state index contributed by atoms with van der Waals surface area (Å²) in [5.74, 6) is 0.146. The van der Waals surface area contributed by atoms with Crippen LogP contribution in [-0.4, -0.2) is 41.2 Å². The predicted molar refractivity (Wildman–Crippen MR) is 119 cm³/mol. The number of thiophene rings is 1. The molecule has 0 N–H and O–H groups in total. The van der Waals surface area contributed by atoms with E-state index in [0.717, 1.165) is 31.2 Å². The first-order chi connectivity index (χ1) is 14.0. The molecule has 0 saturated heterocycles. The van der Waals surface area contributed by atoms with Crippen LogP contribution in [0.5, 0.6) is 0 Å². The van der Waals surface area contributed by atoms with Crippen LogP contribution in [0.3, 0.4) is 0 Å². The molecule has 0 saturated carbocycles. The summed E-state index contributed by atoms with van der Waals surface area (Å²) in [6.07, 6.45) is 4.14. The molecule has 1 aromatic carbocycles. The Kier molecular flexibility index (Phi) is 7.48. The third-order valence-electron chi connectivity index (χ3n) is 5.60. The number of aryl methyl sites for hydroxylation is 1. The average molecular weight is 413 g/mol. The van der Waals surface area contributed by atoms with Gasteiger partial charge in [0.2, 0.25) is 11.8 Å². The number of carbonyl (C=O) groups excluding carboxylic acids is 2. The van der Waals surface area contributed by atoms with E-state index in [1.165, 1.54) is 16.0 Å². The van der Waals surface area contributed by atoms with E-state index >= 15 is 0 Å². The molecule has 0 aliphatic carbocycles. The number of hydrogen-bond acceptors (Lipinski definition) is 3. The van der Waals surface area contributed by atoms with E-state index in [4.69, 9.17) is 0 Å². The predicted octanol–water partition coefficient (Wildman–Crippen LogP) is 4.96. The third-order valence-corrected chi connectivity index (χ3v) is 6.59. The normalized spacial score (nSPS) is 15.8. The first kappa shape index (κ1) is 21.6. The molecule has 3 rings (SSSR count). The van der Waals surface area contributed by atoms with Gasteiger partial charge in [-0.05, 0) is 48.8 Å². The molecule has 2 amide bonds. The van der Waals surface area contributed by atoms with Gasteiger partial charge in [-0.2, -0.15) is 0 Å². The van der Waals surface area contributed by atoms with Crippen molar-refractivity contribution in [1.82, 2.24) is 9.80 Å². The summed E-state index contributed by atoms with van der Waals surface area (Å²) < 4.78 is 0. The summed E-state index contributed by atoms with van der Waals surface area (Å²) in [6.45, 7) is 7.74. The minimum Gasteiger partial charge on any atom is -0.333 e. The average Bonchev–Trinajstić information content (AvgIpc) is 3.20. The highest BCUT2D eigenvalue weighted by atomic mass is 32.1. The third kappa shape index (κ3) is 5.08. The number of unbranched alkanes of at least 4 members (excludes halogenated alkanes) is 1. The van der Waals surface area contributed by atoms with Gasteiger partial charge in [0.05, 0.1) is 12.6 Å². The Morgan fingerprint density at radius 2 is 1.90 bits per heavy atom. The van der Waals surface area contributed by atoms with Crippen molar-refractivity contribution in [2.75, 3.05) is 19.6 Å². The van der Waals surface area contributed by atoms with Crippen LogP contribution >= 0.6 is 11.3 Å². The second kappa shape index (κ2) is 10.1. The Bertz CT molecular complexity index is 828. The van der Waals surface area contributed by atoms with Crippen molar-refractivity contribution in [3.05, 3.63) is 57.3 Å². The Labute approximate surface area is 178 Å². The number of hydrogen-bond donors (Lipinski definition) is 0. The first-order valence-corrected chi connectivity index (χ1v) is 11.6. The lowest BCUT2D eigenvalue weighted by molar-refractivity contribution is -0.141. The molecule has 1 aliphatic heterocycles. The molecule has 2 heterocycles. The molecule has 5 heteroatoms. The van der Waals surface area contributed by atoms with E-state index < -0.39 is 0 Å². The van der Waals surface area contributed by atoms with Gasteiger partial charge in [0.15, 0.2) is 0 Å². The Balaban J connectivity index is 1.83. The molecule has 0 unspecified atom stereocenters. The van der Waals surface area contributed by atoms with Crippen LogP contribution in [0.25, 0.3) is 0 Å². The van der Waals surface area contributed by atoms with Crippen molar-refractivity contribution in [2.45, 2.75) is 58.9 Å². The Morgan fingerprint density at radius 1 is 1.14 bits per heavy atom. The van der Waals surface area contributed by atoms with Crippen molar-refractivity contribution < 1.29 is 9.59 Å². The molecule has 2 aromatic rings. The molecule has 1 aliphatic rings. The first-order valence-electron chi connectivity index (χ1n) is 10.7. The monoisotopic (exact) mass is 412 g/mol. The topological polar surface area (TPSA) is 40.6 Å². The molecular formula is C24H32N2O2S. The lowest BCUT2D eigenvalue weighted by Crippen LogP contribution is -2.47. The fraction of sp³-hybridized carbons (Fsp3) is 0.500. The number of benzene rings is 1. The molecule has 0 radical (unpaired) electrons. The van der Waals surface area contributed by atoms with Crippen LogP contribution in [0.15, 0.2) is 35.7 Å². The molecule has 0 bridgehead atoms. The van der Waals surface area contributed by atoms with Crippen LogP contribution in [0, 0.1) is 6.92 Å². The largest absolute Gasteiger partial charge is 0.333 e. The standard InChI is InChI=1S/C24H32N2O2S/c1-4-6-7-22(27)25(14-5-2)17-23(28)26-15-12-21-20(13-16-29-21)24(26)19-10-8-18(3)9-11-19/h8-11,13,16,24H,4-7,12,14-15,17H2,1-3H3/t24-/m1/s1. The van der Waals surface area contributed by atoms with E-state index in [-0.39, 0.29) is 24.4 Å². The highest BCUT2D eigenvalue weighted by Gasteiger charge is 2.33. The summed E-state index contributed by atoms with van der Waals surface area (Å²) >= 11 is 1.77. The summed E-state index contributed by atoms with van der Waals surface area (Å²) in [6, 6.07) is 10.6. The van der Waals surface area contributed by atoms with E-state index in [2.05, 4.69) is 56.5 Å². The fourth-order valence-corrected chi connectivity index (χ4v) is 4.90. The van der Waals surface area contributed by atoms with E-state index in [1.54, 1.807) is 16.2 Å². The van der Waals surface area contributed by atoms with Crippen molar-refractivity contribution in [2.24, 2.45) is 0 Å². The van der Waals surface area contributed by atoms with Gasteiger partial charge >= 0.3 is 0 Å². The number of carbonyl (C=O) groups is 2. The van der Waals surface area contributed by atoms with E-state index in [1.807, 2.05) is 4.90 Å². The second-order valence-electron chi connectivity index (χ2n) is 7.87. The Morgan fingerprint density at radius 3 is 2.59 bits per heavy atom. The van der Waals surface area contributed by atoms with Crippen LogP contribution in [0.1, 0.15) is 67.1 Å². The summed E-state index contributed by atoms with van der Waals surface area (Å²) in [5.41, 5.74) is 3.59. The molecular weight excluding hydrogens is 380 g/mol. The quantitative estimate of drug-likeness (QED) is 0.615. The van der Waals surface area contributed by atoms with Gasteiger partial charge in [-0.3, -0.25) is 9.59 Å². The van der Waals surface area contributed by atoms with Gasteiger partial charge in [-0.25, -0.2) is 0 Å². The van der Waals surface area contributed by atoms with Crippen LogP contribution < -0.4 is 0 Å². The lowest BCUT2D eigenvalue weighted by atomic mass is 9.92. The maximum absolute atomic E-state index is 13.4. The lowest BCUT2D eigenvalue weighted by Gasteiger charge is -2.37. The maximum Gasteiger partial charge on any atom is 0.242 e. The van der Waals surface area contributed by atoms with E-state index in [0.29, 0.717) is 19.5 Å². The van der Waals surface area contributed by atoms with Crippen LogP contribution in [0.2, 0.25) is 0 Å². The van der Waals surface area contributed by atoms with Crippen molar-refractivity contribution in [3.8, 4) is 0 Å². The molecule has 156 valence electrons. The molecule has 29 heavy (non-hydrogen) atoms. The zero-order valence-electron chi connectivity index (χ0n) is 17.8. The molecule has 1 aromatic heterocycles. The maximum atomic E-state index is 13.4. The number of rotatable bonds is 8. The highest BCUT2D eigenvalue weighted by Crippen LogP contribution is 2.38. The molecule has 0 fully saturated rings. The van der Waals surface area contributed by atoms with Gasteiger partial charge in [0.25, 0.3) is 0 Å². The summed E-state index contributed by atoms with van der Waals surface area (Å²) in [4.78, 5) is 31.1. The highest BCUT2D eigenvalue weighted by molar-refractivity contribution is 7.10. The van der Waals surface area contributed by atoms with Crippen LogP contribution in [-0.2, 0) is 16.0 Å². The SMILES string of the molecule is CCCCC(=O)N(CCC)CC(=O)N1CCc2sccc2[C@H]1c1ccc(C)cc1. The number of amides is 2. The minimum absolute atomic E-state index is 0.0470. The van der Waals surface area contributed by atoms with Gasteiger partial charge in [-0.15, -0.1) is 11.3 Å². The van der Waals surface area contributed by atoms with E-state index in [9.17, 15) is 9.59 Å². The van der Waals surface area contributed by atoms with Gasteiger partial charge in [-0.1, -0.05) is 50.1 Å². The number of nitrogens with zero attached hydrogens (tertiary/aromatic N) is 2. The molecule has 1 atom stereocenters. The van der Waals surface area contributed by atoms with Crippen LogP contribution in [0.4, 0.5) is 0 Å². The zero-order chi connectivity index (χ0) is 20.8. The molecule has 4 nitrogen and oxygen atoms in total. The fourth-order valence-electron chi connectivity index (χ4n) is 4.00. The van der Waals surface area contributed by atoms with Gasteiger partial charge in [0, 0.05) is 24.4 Å². The number of fused-ring (bicyclic) bond motifs is 1. The second-order valence-corrected chi connectivity index (χ2v) is 8.87. The van der Waals surface area contributed by atoms with Gasteiger partial charge < -0.3 is 9.80 Å².